The summed E-state index contributed by atoms with van der Waals surface area (Å²) in [6, 6.07) is 4.13. The van der Waals surface area contributed by atoms with Crippen molar-refractivity contribution in [3.05, 3.63) is 27.2 Å². The Morgan fingerprint density at radius 3 is 2.64 bits per heavy atom. The molecule has 0 unspecified atom stereocenters. The summed E-state index contributed by atoms with van der Waals surface area (Å²) in [7, 11) is 0. The van der Waals surface area contributed by atoms with Crippen molar-refractivity contribution in [2.45, 2.75) is 13.8 Å². The van der Waals surface area contributed by atoms with E-state index in [-0.39, 0.29) is 0 Å². The minimum atomic E-state index is 0.807. The number of anilines is 1. The summed E-state index contributed by atoms with van der Waals surface area (Å²) in [6.45, 7) is 6.56. The molecule has 0 atom stereocenters. The number of benzene rings is 1. The lowest BCUT2D eigenvalue weighted by molar-refractivity contribution is 0.447. The van der Waals surface area contributed by atoms with Crippen LogP contribution in [0.15, 0.2) is 16.6 Å². The van der Waals surface area contributed by atoms with Crippen LogP contribution in [0.1, 0.15) is 12.5 Å². The fourth-order valence-electron chi connectivity index (χ4n) is 1.77. The smallest absolute Gasteiger partial charge is 0.0525 e. The Morgan fingerprint density at radius 2 is 2.07 bits per heavy atom. The molecule has 0 radical (unpaired) electrons. The molecular formula is C11H13BrClN. The Kier molecular flexibility index (Phi) is 2.76. The van der Waals surface area contributed by atoms with Crippen molar-refractivity contribution >= 4 is 33.2 Å². The molecular weight excluding hydrogens is 261 g/mol. The van der Waals surface area contributed by atoms with Crippen LogP contribution in [0.5, 0.6) is 0 Å². The van der Waals surface area contributed by atoms with Gasteiger partial charge in [0.2, 0.25) is 0 Å². The summed E-state index contributed by atoms with van der Waals surface area (Å²) in [5, 5.41) is 0.850. The average molecular weight is 275 g/mol. The van der Waals surface area contributed by atoms with Crippen LogP contribution in [-0.2, 0) is 0 Å². The molecule has 1 nitrogen and oxygen atoms in total. The van der Waals surface area contributed by atoms with E-state index in [0.717, 1.165) is 34.1 Å². The van der Waals surface area contributed by atoms with Crippen molar-refractivity contribution in [2.75, 3.05) is 18.0 Å². The Hall–Kier alpha value is -0.210. The van der Waals surface area contributed by atoms with Gasteiger partial charge in [0.15, 0.2) is 0 Å². The van der Waals surface area contributed by atoms with Crippen molar-refractivity contribution in [2.24, 2.45) is 5.92 Å². The van der Waals surface area contributed by atoms with E-state index in [1.807, 2.05) is 13.0 Å². The van der Waals surface area contributed by atoms with Gasteiger partial charge in [0.25, 0.3) is 0 Å². The maximum absolute atomic E-state index is 6.10. The summed E-state index contributed by atoms with van der Waals surface area (Å²) in [4.78, 5) is 2.35. The molecule has 0 amide bonds. The van der Waals surface area contributed by atoms with Crippen molar-refractivity contribution in [1.29, 1.82) is 0 Å². The lowest BCUT2D eigenvalue weighted by Gasteiger charge is -2.39. The van der Waals surface area contributed by atoms with Gasteiger partial charge in [-0.1, -0.05) is 18.5 Å². The van der Waals surface area contributed by atoms with E-state index in [2.05, 4.69) is 33.8 Å². The number of rotatable bonds is 1. The number of halogens is 2. The van der Waals surface area contributed by atoms with Crippen LogP contribution in [0.25, 0.3) is 0 Å². The first-order valence-corrected chi connectivity index (χ1v) is 5.95. The molecule has 1 saturated heterocycles. The maximum atomic E-state index is 6.10. The van der Waals surface area contributed by atoms with Gasteiger partial charge in [-0.25, -0.2) is 0 Å². The minimum Gasteiger partial charge on any atom is -0.370 e. The molecule has 0 aliphatic carbocycles. The second-order valence-corrected chi connectivity index (χ2v) is 5.32. The zero-order valence-corrected chi connectivity index (χ0v) is 10.7. The fraction of sp³-hybridized carbons (Fsp3) is 0.455. The zero-order chi connectivity index (χ0) is 10.3. The second-order valence-electron chi connectivity index (χ2n) is 4.06. The first kappa shape index (κ1) is 10.3. The van der Waals surface area contributed by atoms with Crippen molar-refractivity contribution < 1.29 is 0 Å². The van der Waals surface area contributed by atoms with Gasteiger partial charge < -0.3 is 4.90 Å². The summed E-state index contributed by atoms with van der Waals surface area (Å²) >= 11 is 9.68. The third-order valence-corrected chi connectivity index (χ3v) is 3.68. The van der Waals surface area contributed by atoms with Crippen LogP contribution in [0.4, 0.5) is 5.69 Å². The van der Waals surface area contributed by atoms with E-state index >= 15 is 0 Å². The Morgan fingerprint density at radius 1 is 1.43 bits per heavy atom. The van der Waals surface area contributed by atoms with Gasteiger partial charge in [0, 0.05) is 22.6 Å². The van der Waals surface area contributed by atoms with Crippen LogP contribution in [0, 0.1) is 12.8 Å². The summed E-state index contributed by atoms with van der Waals surface area (Å²) in [5.41, 5.74) is 2.34. The van der Waals surface area contributed by atoms with E-state index < -0.39 is 0 Å². The third-order valence-electron chi connectivity index (χ3n) is 2.63. The molecule has 0 spiro atoms. The first-order chi connectivity index (χ1) is 6.58. The molecule has 1 aliphatic heterocycles. The van der Waals surface area contributed by atoms with Crippen LogP contribution in [-0.4, -0.2) is 13.1 Å². The predicted molar refractivity (Wildman–Crippen MR) is 65.3 cm³/mol. The average Bonchev–Trinajstić information content (AvgIpc) is 2.07. The molecule has 3 heteroatoms. The molecule has 0 N–H and O–H groups in total. The second kappa shape index (κ2) is 3.74. The highest BCUT2D eigenvalue weighted by atomic mass is 79.9. The number of hydrogen-bond acceptors (Lipinski definition) is 1. The topological polar surface area (TPSA) is 3.24 Å². The number of nitrogens with zero attached hydrogens (tertiary/aromatic N) is 1. The summed E-state index contributed by atoms with van der Waals surface area (Å²) in [5.74, 6) is 0.807. The number of aryl methyl sites for hydroxylation is 1. The van der Waals surface area contributed by atoms with Crippen LogP contribution in [0.2, 0.25) is 5.02 Å². The van der Waals surface area contributed by atoms with E-state index in [1.165, 1.54) is 5.69 Å². The standard InChI is InChI=1S/C11H13BrClN/c1-7-5-14(6-7)11-4-10(13)8(2)3-9(11)12/h3-4,7H,5-6H2,1-2H3. The largest absolute Gasteiger partial charge is 0.370 e. The van der Waals surface area contributed by atoms with Gasteiger partial charge in [-0.15, -0.1) is 0 Å². The summed E-state index contributed by atoms with van der Waals surface area (Å²) < 4.78 is 1.14. The van der Waals surface area contributed by atoms with E-state index in [4.69, 9.17) is 11.6 Å². The van der Waals surface area contributed by atoms with Gasteiger partial charge in [-0.3, -0.25) is 0 Å². The van der Waals surface area contributed by atoms with Gasteiger partial charge >= 0.3 is 0 Å². The van der Waals surface area contributed by atoms with Gasteiger partial charge in [0.05, 0.1) is 5.69 Å². The molecule has 1 fully saturated rings. The van der Waals surface area contributed by atoms with Crippen LogP contribution < -0.4 is 4.90 Å². The molecule has 0 aromatic heterocycles. The van der Waals surface area contributed by atoms with Crippen molar-refractivity contribution in [3.63, 3.8) is 0 Å². The quantitative estimate of drug-likeness (QED) is 0.751. The molecule has 0 bridgehead atoms. The van der Waals surface area contributed by atoms with Crippen LogP contribution >= 0.6 is 27.5 Å². The highest BCUT2D eigenvalue weighted by Gasteiger charge is 2.24. The van der Waals surface area contributed by atoms with Gasteiger partial charge in [-0.05, 0) is 46.5 Å². The minimum absolute atomic E-state index is 0.807. The Balaban J connectivity index is 2.30. The molecule has 1 aromatic carbocycles. The summed E-state index contributed by atoms with van der Waals surface area (Å²) in [6.07, 6.45) is 0. The molecule has 1 aliphatic rings. The highest BCUT2D eigenvalue weighted by molar-refractivity contribution is 9.10. The molecule has 14 heavy (non-hydrogen) atoms. The van der Waals surface area contributed by atoms with Crippen molar-refractivity contribution in [3.8, 4) is 0 Å². The maximum Gasteiger partial charge on any atom is 0.0525 e. The van der Waals surface area contributed by atoms with Crippen LogP contribution in [0.3, 0.4) is 0 Å². The third kappa shape index (κ3) is 1.78. The highest BCUT2D eigenvalue weighted by Crippen LogP contribution is 2.35. The first-order valence-electron chi connectivity index (χ1n) is 4.78. The molecule has 76 valence electrons. The molecule has 1 aromatic rings. The zero-order valence-electron chi connectivity index (χ0n) is 8.35. The fourth-order valence-corrected chi connectivity index (χ4v) is 2.64. The van der Waals surface area contributed by atoms with Crippen molar-refractivity contribution in [1.82, 2.24) is 0 Å². The molecule has 2 rings (SSSR count). The Bertz CT molecular complexity index is 359. The van der Waals surface area contributed by atoms with Gasteiger partial charge in [-0.2, -0.15) is 0 Å². The molecule has 0 saturated carbocycles. The van der Waals surface area contributed by atoms with Gasteiger partial charge in [0.1, 0.15) is 0 Å². The SMILES string of the molecule is Cc1cc(Br)c(N2CC(C)C2)cc1Cl. The monoisotopic (exact) mass is 273 g/mol. The lowest BCUT2D eigenvalue weighted by Crippen LogP contribution is -2.45. The van der Waals surface area contributed by atoms with E-state index in [9.17, 15) is 0 Å². The predicted octanol–water partition coefficient (Wildman–Crippen LogP) is 3.87. The van der Waals surface area contributed by atoms with E-state index in [1.54, 1.807) is 0 Å². The molecule has 1 heterocycles. The van der Waals surface area contributed by atoms with E-state index in [0.29, 0.717) is 0 Å². The normalized spacial score (nSPS) is 17.0. The Labute approximate surface area is 98.2 Å². The lowest BCUT2D eigenvalue weighted by atomic mass is 10.0. The number of hydrogen-bond donors (Lipinski definition) is 0.